The lowest BCUT2D eigenvalue weighted by Crippen LogP contribution is -2.39. The van der Waals surface area contributed by atoms with Gasteiger partial charge < -0.3 is 9.74 Å². The molecule has 0 radical (unpaired) electrons. The number of halogens is 2. The minimum absolute atomic E-state index is 0.0374. The molecule has 0 bridgehead atoms. The summed E-state index contributed by atoms with van der Waals surface area (Å²) in [6, 6.07) is 7.04. The van der Waals surface area contributed by atoms with Crippen LogP contribution in [0.15, 0.2) is 34.3 Å². The average molecular weight is 470 g/mol. The largest absolute Gasteiger partial charge is 0.407 e. The third kappa shape index (κ3) is 4.46. The van der Waals surface area contributed by atoms with E-state index in [1.807, 2.05) is 18.0 Å². The highest BCUT2D eigenvalue weighted by atomic mass is 19.3. The molecule has 0 atom stereocenters. The van der Waals surface area contributed by atoms with E-state index in [1.165, 1.54) is 4.57 Å². The van der Waals surface area contributed by atoms with Gasteiger partial charge in [-0.1, -0.05) is 5.16 Å². The maximum atomic E-state index is 12.7. The van der Waals surface area contributed by atoms with E-state index in [0.29, 0.717) is 53.9 Å². The number of nitrogens with zero attached hydrogens (tertiary/aromatic N) is 8. The quantitative estimate of drug-likeness (QED) is 0.402. The molecular formula is C22H24F2N8O2. The number of hydrogen-bond acceptors (Lipinski definition) is 8. The van der Waals surface area contributed by atoms with Gasteiger partial charge in [-0.2, -0.15) is 24.1 Å². The number of rotatable bonds is 6. The normalized spacial score (nSPS) is 18.8. The van der Waals surface area contributed by atoms with E-state index in [1.54, 1.807) is 43.2 Å². The summed E-state index contributed by atoms with van der Waals surface area (Å²) in [5.41, 5.74) is 1.97. The Morgan fingerprint density at radius 2 is 1.97 bits per heavy atom. The molecule has 0 saturated heterocycles. The summed E-state index contributed by atoms with van der Waals surface area (Å²) >= 11 is 0. The highest BCUT2D eigenvalue weighted by molar-refractivity contribution is 6.00. The molecule has 3 heterocycles. The first-order valence-electron chi connectivity index (χ1n) is 10.8. The van der Waals surface area contributed by atoms with E-state index in [2.05, 4.69) is 25.1 Å². The van der Waals surface area contributed by atoms with Crippen LogP contribution in [0.25, 0.3) is 11.0 Å². The van der Waals surface area contributed by atoms with Crippen molar-refractivity contribution in [3.8, 4) is 6.07 Å². The van der Waals surface area contributed by atoms with Gasteiger partial charge in [0.2, 0.25) is 0 Å². The molecule has 34 heavy (non-hydrogen) atoms. The van der Waals surface area contributed by atoms with Crippen LogP contribution in [-0.4, -0.2) is 49.7 Å². The van der Waals surface area contributed by atoms with Crippen molar-refractivity contribution in [3.63, 3.8) is 0 Å². The molecule has 0 aliphatic heterocycles. The molecule has 1 saturated carbocycles. The van der Waals surface area contributed by atoms with Gasteiger partial charge in [-0.25, -0.2) is 9.78 Å². The molecule has 0 aromatic carbocycles. The Bertz CT molecular complexity index is 1320. The van der Waals surface area contributed by atoms with Crippen LogP contribution in [-0.2, 0) is 18.9 Å². The molecule has 0 unspecified atom stereocenters. The first-order chi connectivity index (χ1) is 16.3. The summed E-state index contributed by atoms with van der Waals surface area (Å²) in [7, 11) is 5.19. The molecule has 1 aliphatic carbocycles. The summed E-state index contributed by atoms with van der Waals surface area (Å²) in [5, 5.41) is 17.1. The van der Waals surface area contributed by atoms with Crippen LogP contribution in [0.1, 0.15) is 37.1 Å². The van der Waals surface area contributed by atoms with Gasteiger partial charge in [0, 0.05) is 39.3 Å². The first-order valence-corrected chi connectivity index (χ1v) is 10.8. The van der Waals surface area contributed by atoms with Crippen LogP contribution in [0, 0.1) is 17.2 Å². The maximum absolute atomic E-state index is 12.7. The van der Waals surface area contributed by atoms with E-state index in [-0.39, 0.29) is 17.7 Å². The Morgan fingerprint density at radius 1 is 1.24 bits per heavy atom. The smallest absolute Gasteiger partial charge is 0.355 e. The van der Waals surface area contributed by atoms with Crippen LogP contribution in [0.4, 0.5) is 14.6 Å². The lowest BCUT2D eigenvalue weighted by atomic mass is 9.81. The number of pyridine rings is 1. The van der Waals surface area contributed by atoms with Gasteiger partial charge in [-0.3, -0.25) is 9.25 Å². The third-order valence-corrected chi connectivity index (χ3v) is 6.33. The Morgan fingerprint density at radius 3 is 2.59 bits per heavy atom. The molecule has 4 rings (SSSR count). The van der Waals surface area contributed by atoms with Crippen LogP contribution in [0.2, 0.25) is 0 Å². The molecule has 3 aromatic rings. The van der Waals surface area contributed by atoms with Gasteiger partial charge in [0.15, 0.2) is 5.82 Å². The summed E-state index contributed by atoms with van der Waals surface area (Å²) in [6.07, 6.45) is 4.35. The van der Waals surface area contributed by atoms with Crippen LogP contribution in [0.5, 0.6) is 0 Å². The fourth-order valence-electron chi connectivity index (χ4n) is 4.48. The highest BCUT2D eigenvalue weighted by Crippen LogP contribution is 2.33. The molecule has 10 nitrogen and oxygen atoms in total. The summed E-state index contributed by atoms with van der Waals surface area (Å²) in [5.74, 6) is 0.329. The average Bonchev–Trinajstić information content (AvgIpc) is 3.26. The summed E-state index contributed by atoms with van der Waals surface area (Å²) < 4.78 is 28.4. The number of nitriles is 1. The zero-order valence-electron chi connectivity index (χ0n) is 19.0. The minimum atomic E-state index is -3.00. The number of anilines is 1. The number of alkyl halides is 2. The topological polar surface area (TPSA) is 114 Å². The summed E-state index contributed by atoms with van der Waals surface area (Å²) in [4.78, 5) is 27.3. The molecule has 1 fully saturated rings. The minimum Gasteiger partial charge on any atom is -0.355 e. The molecule has 12 heteroatoms. The van der Waals surface area contributed by atoms with Crippen LogP contribution in [0.3, 0.4) is 0 Å². The second kappa shape index (κ2) is 9.54. The van der Waals surface area contributed by atoms with Crippen molar-refractivity contribution >= 4 is 22.6 Å². The van der Waals surface area contributed by atoms with E-state index >= 15 is 0 Å². The maximum Gasteiger partial charge on any atom is 0.407 e. The Labute approximate surface area is 194 Å². The van der Waals surface area contributed by atoms with Crippen molar-refractivity contribution in [1.29, 1.82) is 5.26 Å². The van der Waals surface area contributed by atoms with Gasteiger partial charge in [-0.05, 0) is 43.9 Å². The zero-order chi connectivity index (χ0) is 24.4. The first kappa shape index (κ1) is 23.3. The van der Waals surface area contributed by atoms with E-state index < -0.39 is 12.3 Å². The second-order valence-corrected chi connectivity index (χ2v) is 8.25. The predicted octanol–water partition coefficient (Wildman–Crippen LogP) is 2.57. The van der Waals surface area contributed by atoms with E-state index in [9.17, 15) is 18.8 Å². The van der Waals surface area contributed by atoms with E-state index in [4.69, 9.17) is 0 Å². The van der Waals surface area contributed by atoms with Gasteiger partial charge in [0.25, 0.3) is 0 Å². The third-order valence-electron chi connectivity index (χ3n) is 6.33. The Balaban J connectivity index is 1.59. The van der Waals surface area contributed by atoms with Gasteiger partial charge in [0.05, 0.1) is 11.2 Å². The SMILES string of the molecule is CN(c1nc(=O)n(C)c2ccc(C#N)nc12)C1CCC(/C(=N/OC(F)F)c2ccnn2C)CC1. The van der Waals surface area contributed by atoms with Crippen LogP contribution < -0.4 is 10.6 Å². The van der Waals surface area contributed by atoms with Crippen molar-refractivity contribution < 1.29 is 13.6 Å². The molecule has 178 valence electrons. The molecular weight excluding hydrogens is 446 g/mol. The van der Waals surface area contributed by atoms with Crippen molar-refractivity contribution in [2.45, 2.75) is 38.3 Å². The fourth-order valence-corrected chi connectivity index (χ4v) is 4.48. The van der Waals surface area contributed by atoms with Crippen molar-refractivity contribution in [3.05, 3.63) is 46.3 Å². The highest BCUT2D eigenvalue weighted by Gasteiger charge is 2.31. The number of aryl methyl sites for hydroxylation is 2. The number of aromatic nitrogens is 5. The number of fused-ring (bicyclic) bond motifs is 1. The molecule has 0 spiro atoms. The van der Waals surface area contributed by atoms with Gasteiger partial charge in [0.1, 0.15) is 23.0 Å². The van der Waals surface area contributed by atoms with Gasteiger partial charge in [-0.15, -0.1) is 0 Å². The molecule has 1 aliphatic rings. The monoisotopic (exact) mass is 470 g/mol. The van der Waals surface area contributed by atoms with Crippen molar-refractivity contribution in [2.75, 3.05) is 11.9 Å². The Kier molecular flexibility index (Phi) is 6.54. The second-order valence-electron chi connectivity index (χ2n) is 8.25. The lowest BCUT2D eigenvalue weighted by molar-refractivity contribution is -0.128. The molecule has 0 amide bonds. The van der Waals surface area contributed by atoms with Crippen molar-refractivity contribution in [2.24, 2.45) is 25.2 Å². The fraction of sp³-hybridized carbons (Fsp3) is 0.455. The summed E-state index contributed by atoms with van der Waals surface area (Å²) in [6.45, 7) is -3.00. The molecule has 3 aromatic heterocycles. The zero-order valence-corrected chi connectivity index (χ0v) is 19.0. The van der Waals surface area contributed by atoms with Gasteiger partial charge >= 0.3 is 12.3 Å². The standard InChI is InChI=1S/C22H24F2N8O2/c1-30(20-19-16(31(2)22(33)28-20)9-6-14(12-25)27-19)15-7-4-13(5-8-15)18(29-34-21(23)24)17-10-11-26-32(17)3/h6,9-11,13,15,21H,4-5,7-8H2,1-3H3/b29-18-. The Hall–Kier alpha value is -3.88. The van der Waals surface area contributed by atoms with Crippen molar-refractivity contribution in [1.82, 2.24) is 24.3 Å². The molecule has 0 N–H and O–H groups in total. The van der Waals surface area contributed by atoms with Crippen LogP contribution >= 0.6 is 0 Å². The number of hydrogen-bond donors (Lipinski definition) is 0. The van der Waals surface area contributed by atoms with E-state index in [0.717, 1.165) is 0 Å². The predicted molar refractivity (Wildman–Crippen MR) is 120 cm³/mol. The lowest BCUT2D eigenvalue weighted by Gasteiger charge is -2.35. The number of oxime groups is 1.